The SMILES string of the molecule is NCc1cccc(S(=O)(=O)CCSCc2ccccc2)c1. The van der Waals surface area contributed by atoms with Crippen molar-refractivity contribution in [3.05, 3.63) is 65.7 Å². The summed E-state index contributed by atoms with van der Waals surface area (Å²) in [6, 6.07) is 16.9. The van der Waals surface area contributed by atoms with Gasteiger partial charge in [-0.3, -0.25) is 0 Å². The Kier molecular flexibility index (Phi) is 5.85. The summed E-state index contributed by atoms with van der Waals surface area (Å²) in [5.41, 5.74) is 7.60. The van der Waals surface area contributed by atoms with E-state index in [9.17, 15) is 8.42 Å². The van der Waals surface area contributed by atoms with Crippen molar-refractivity contribution in [2.75, 3.05) is 11.5 Å². The van der Waals surface area contributed by atoms with Gasteiger partial charge in [-0.1, -0.05) is 42.5 Å². The van der Waals surface area contributed by atoms with Crippen molar-refractivity contribution >= 4 is 21.6 Å². The van der Waals surface area contributed by atoms with E-state index in [-0.39, 0.29) is 5.75 Å². The first-order valence-electron chi connectivity index (χ1n) is 6.75. The second kappa shape index (κ2) is 7.64. The molecule has 0 amide bonds. The van der Waals surface area contributed by atoms with Gasteiger partial charge in [0.15, 0.2) is 9.84 Å². The Hall–Kier alpha value is -1.30. The Bertz CT molecular complexity index is 670. The normalized spacial score (nSPS) is 11.5. The van der Waals surface area contributed by atoms with Crippen molar-refractivity contribution in [1.29, 1.82) is 0 Å². The third-order valence-corrected chi connectivity index (χ3v) is 6.10. The molecule has 0 aromatic heterocycles. The minimum atomic E-state index is -3.22. The summed E-state index contributed by atoms with van der Waals surface area (Å²) in [6.45, 7) is 0.353. The maximum atomic E-state index is 12.3. The van der Waals surface area contributed by atoms with Crippen molar-refractivity contribution in [3.8, 4) is 0 Å². The fourth-order valence-electron chi connectivity index (χ4n) is 1.92. The van der Waals surface area contributed by atoms with Crippen LogP contribution in [0.1, 0.15) is 11.1 Å². The average molecular weight is 321 g/mol. The Morgan fingerprint density at radius 3 is 2.38 bits per heavy atom. The number of thioether (sulfide) groups is 1. The van der Waals surface area contributed by atoms with Crippen LogP contribution in [0.5, 0.6) is 0 Å². The van der Waals surface area contributed by atoms with Crippen LogP contribution in [0.25, 0.3) is 0 Å². The molecule has 0 heterocycles. The van der Waals surface area contributed by atoms with Crippen LogP contribution in [-0.2, 0) is 22.1 Å². The molecule has 0 fully saturated rings. The van der Waals surface area contributed by atoms with Gasteiger partial charge in [-0.2, -0.15) is 11.8 Å². The molecular weight excluding hydrogens is 302 g/mol. The molecule has 0 radical (unpaired) electrons. The van der Waals surface area contributed by atoms with Gasteiger partial charge in [-0.25, -0.2) is 8.42 Å². The third-order valence-electron chi connectivity index (χ3n) is 3.10. The minimum Gasteiger partial charge on any atom is -0.326 e. The molecule has 0 unspecified atom stereocenters. The van der Waals surface area contributed by atoms with E-state index < -0.39 is 9.84 Å². The summed E-state index contributed by atoms with van der Waals surface area (Å²) in [7, 11) is -3.22. The van der Waals surface area contributed by atoms with E-state index in [0.29, 0.717) is 17.2 Å². The van der Waals surface area contributed by atoms with Crippen LogP contribution < -0.4 is 5.73 Å². The zero-order valence-electron chi connectivity index (χ0n) is 11.7. The Morgan fingerprint density at radius 1 is 0.952 bits per heavy atom. The van der Waals surface area contributed by atoms with Crippen molar-refractivity contribution in [1.82, 2.24) is 0 Å². The molecular formula is C16H19NO2S2. The summed E-state index contributed by atoms with van der Waals surface area (Å²) < 4.78 is 24.5. The van der Waals surface area contributed by atoms with Gasteiger partial charge < -0.3 is 5.73 Å². The second-order valence-electron chi connectivity index (χ2n) is 4.71. The highest BCUT2D eigenvalue weighted by molar-refractivity contribution is 8.00. The number of rotatable bonds is 7. The van der Waals surface area contributed by atoms with Gasteiger partial charge in [0, 0.05) is 18.1 Å². The van der Waals surface area contributed by atoms with Crippen LogP contribution in [0.4, 0.5) is 0 Å². The number of sulfone groups is 1. The van der Waals surface area contributed by atoms with E-state index in [2.05, 4.69) is 0 Å². The third kappa shape index (κ3) is 4.88. The molecule has 2 aromatic carbocycles. The van der Waals surface area contributed by atoms with Gasteiger partial charge in [-0.15, -0.1) is 0 Å². The van der Waals surface area contributed by atoms with Crippen molar-refractivity contribution in [2.45, 2.75) is 17.2 Å². The van der Waals surface area contributed by atoms with Crippen LogP contribution in [0.3, 0.4) is 0 Å². The largest absolute Gasteiger partial charge is 0.326 e. The van der Waals surface area contributed by atoms with Crippen molar-refractivity contribution in [2.24, 2.45) is 5.73 Å². The molecule has 2 N–H and O–H groups in total. The highest BCUT2D eigenvalue weighted by Gasteiger charge is 2.14. The number of benzene rings is 2. The second-order valence-corrected chi connectivity index (χ2v) is 7.92. The van der Waals surface area contributed by atoms with Gasteiger partial charge in [0.05, 0.1) is 10.6 Å². The molecule has 2 rings (SSSR count). The van der Waals surface area contributed by atoms with Gasteiger partial charge in [-0.05, 0) is 23.3 Å². The molecule has 5 heteroatoms. The molecule has 0 saturated heterocycles. The van der Waals surface area contributed by atoms with Gasteiger partial charge in [0.2, 0.25) is 0 Å². The molecule has 0 saturated carbocycles. The smallest absolute Gasteiger partial charge is 0.179 e. The predicted octanol–water partition coefficient (Wildman–Crippen LogP) is 2.85. The van der Waals surface area contributed by atoms with E-state index in [1.807, 2.05) is 36.4 Å². The van der Waals surface area contributed by atoms with Crippen LogP contribution >= 0.6 is 11.8 Å². The van der Waals surface area contributed by atoms with Crippen LogP contribution in [0, 0.1) is 0 Å². The Balaban J connectivity index is 1.89. The minimum absolute atomic E-state index is 0.151. The molecule has 112 valence electrons. The van der Waals surface area contributed by atoms with E-state index in [1.54, 1.807) is 30.0 Å². The Labute approximate surface area is 130 Å². The van der Waals surface area contributed by atoms with E-state index in [1.165, 1.54) is 5.56 Å². The average Bonchev–Trinajstić information content (AvgIpc) is 2.53. The topological polar surface area (TPSA) is 60.2 Å². The summed E-state index contributed by atoms with van der Waals surface area (Å²) in [4.78, 5) is 0.366. The first-order valence-corrected chi connectivity index (χ1v) is 9.56. The summed E-state index contributed by atoms with van der Waals surface area (Å²) >= 11 is 1.63. The summed E-state index contributed by atoms with van der Waals surface area (Å²) in [5.74, 6) is 1.57. The van der Waals surface area contributed by atoms with E-state index >= 15 is 0 Å². The fourth-order valence-corrected chi connectivity index (χ4v) is 4.69. The van der Waals surface area contributed by atoms with Gasteiger partial charge >= 0.3 is 0 Å². The first-order chi connectivity index (χ1) is 10.1. The fraction of sp³-hybridized carbons (Fsp3) is 0.250. The lowest BCUT2D eigenvalue weighted by atomic mass is 10.2. The molecule has 21 heavy (non-hydrogen) atoms. The number of hydrogen-bond acceptors (Lipinski definition) is 4. The lowest BCUT2D eigenvalue weighted by Crippen LogP contribution is -2.10. The summed E-state index contributed by atoms with van der Waals surface area (Å²) in [6.07, 6.45) is 0. The molecule has 2 aromatic rings. The van der Waals surface area contributed by atoms with E-state index in [4.69, 9.17) is 5.73 Å². The standard InChI is InChI=1S/C16H19NO2S2/c17-12-15-7-4-8-16(11-15)21(18,19)10-9-20-13-14-5-2-1-3-6-14/h1-8,11H,9-10,12-13,17H2. The van der Waals surface area contributed by atoms with Crippen LogP contribution in [0.2, 0.25) is 0 Å². The molecule has 0 aliphatic rings. The van der Waals surface area contributed by atoms with Crippen LogP contribution in [-0.4, -0.2) is 19.9 Å². The zero-order chi connectivity index (χ0) is 15.1. The highest BCUT2D eigenvalue weighted by atomic mass is 32.2. The van der Waals surface area contributed by atoms with Gasteiger partial charge in [0.1, 0.15) is 0 Å². The van der Waals surface area contributed by atoms with E-state index in [0.717, 1.165) is 11.3 Å². The monoisotopic (exact) mass is 321 g/mol. The zero-order valence-corrected chi connectivity index (χ0v) is 13.4. The Morgan fingerprint density at radius 2 is 1.67 bits per heavy atom. The van der Waals surface area contributed by atoms with Gasteiger partial charge in [0.25, 0.3) is 0 Å². The predicted molar refractivity (Wildman–Crippen MR) is 89.0 cm³/mol. The molecule has 0 spiro atoms. The molecule has 3 nitrogen and oxygen atoms in total. The number of hydrogen-bond donors (Lipinski definition) is 1. The highest BCUT2D eigenvalue weighted by Crippen LogP contribution is 2.17. The maximum absolute atomic E-state index is 12.3. The molecule has 0 aliphatic heterocycles. The lowest BCUT2D eigenvalue weighted by Gasteiger charge is -2.06. The number of nitrogens with two attached hydrogens (primary N) is 1. The van der Waals surface area contributed by atoms with Crippen molar-refractivity contribution < 1.29 is 8.42 Å². The first kappa shape index (κ1) is 16.1. The maximum Gasteiger partial charge on any atom is 0.179 e. The molecule has 0 aliphatic carbocycles. The molecule has 0 atom stereocenters. The molecule has 0 bridgehead atoms. The lowest BCUT2D eigenvalue weighted by molar-refractivity contribution is 0.597. The van der Waals surface area contributed by atoms with Crippen LogP contribution in [0.15, 0.2) is 59.5 Å². The van der Waals surface area contributed by atoms with Crippen molar-refractivity contribution in [3.63, 3.8) is 0 Å². The summed E-state index contributed by atoms with van der Waals surface area (Å²) in [5, 5.41) is 0. The quantitative estimate of drug-likeness (QED) is 0.797.